The largest absolute Gasteiger partial charge is 0.465 e. The van der Waals surface area contributed by atoms with Gasteiger partial charge in [-0.25, -0.2) is 22.3 Å². The lowest BCUT2D eigenvalue weighted by Crippen LogP contribution is -2.37. The molecule has 0 amide bonds. The lowest BCUT2D eigenvalue weighted by atomic mass is 10.2. The Bertz CT molecular complexity index is 589. The van der Waals surface area contributed by atoms with Crippen molar-refractivity contribution < 1.29 is 22.3 Å². The quantitative estimate of drug-likeness (QED) is 0.748. The molecule has 112 valence electrons. The highest BCUT2D eigenvalue weighted by Gasteiger charge is 2.19. The Hall–Kier alpha value is -1.51. The molecular weight excluding hydrogens is 287 g/mol. The minimum atomic E-state index is -3.89. The molecule has 8 heteroatoms. The molecule has 1 aromatic rings. The highest BCUT2D eigenvalue weighted by molar-refractivity contribution is 7.89. The van der Waals surface area contributed by atoms with E-state index >= 15 is 0 Å². The van der Waals surface area contributed by atoms with Crippen LogP contribution in [0.4, 0.5) is 4.39 Å². The van der Waals surface area contributed by atoms with Gasteiger partial charge in [-0.3, -0.25) is 0 Å². The SMILES string of the molecule is CNC(C)CNS(=O)(=O)c1cc(F)cc(C(=O)OC)c1. The van der Waals surface area contributed by atoms with Crippen molar-refractivity contribution in [1.82, 2.24) is 10.0 Å². The number of ether oxygens (including phenoxy) is 1. The number of likely N-dealkylation sites (N-methyl/N-ethyl adjacent to an activating group) is 1. The number of hydrogen-bond acceptors (Lipinski definition) is 5. The maximum atomic E-state index is 13.4. The molecular formula is C12H17FN2O4S. The summed E-state index contributed by atoms with van der Waals surface area (Å²) in [5.74, 6) is -1.63. The van der Waals surface area contributed by atoms with Gasteiger partial charge in [-0.05, 0) is 32.2 Å². The van der Waals surface area contributed by atoms with Crippen LogP contribution in [0.25, 0.3) is 0 Å². The van der Waals surface area contributed by atoms with Gasteiger partial charge in [0, 0.05) is 12.6 Å². The second kappa shape index (κ2) is 6.78. The first-order valence-electron chi connectivity index (χ1n) is 5.86. The third-order valence-corrected chi connectivity index (χ3v) is 4.08. The lowest BCUT2D eigenvalue weighted by Gasteiger charge is -2.12. The smallest absolute Gasteiger partial charge is 0.337 e. The van der Waals surface area contributed by atoms with Crippen molar-refractivity contribution in [2.75, 3.05) is 20.7 Å². The fraction of sp³-hybridized carbons (Fsp3) is 0.417. The number of benzene rings is 1. The van der Waals surface area contributed by atoms with E-state index < -0.39 is 21.8 Å². The van der Waals surface area contributed by atoms with Gasteiger partial charge in [0.25, 0.3) is 0 Å². The van der Waals surface area contributed by atoms with E-state index in [-0.39, 0.29) is 23.0 Å². The number of methoxy groups -OCH3 is 1. The van der Waals surface area contributed by atoms with Crippen LogP contribution in [-0.4, -0.2) is 41.1 Å². The summed E-state index contributed by atoms with van der Waals surface area (Å²) < 4.78 is 44.2. The van der Waals surface area contributed by atoms with Crippen LogP contribution in [0.1, 0.15) is 17.3 Å². The zero-order chi connectivity index (χ0) is 15.3. The first-order valence-corrected chi connectivity index (χ1v) is 7.34. The number of halogens is 1. The Balaban J connectivity index is 3.06. The van der Waals surface area contributed by atoms with Crippen LogP contribution in [0.3, 0.4) is 0 Å². The molecule has 0 fully saturated rings. The highest BCUT2D eigenvalue weighted by atomic mass is 32.2. The Morgan fingerprint density at radius 3 is 2.60 bits per heavy atom. The lowest BCUT2D eigenvalue weighted by molar-refractivity contribution is 0.0600. The van der Waals surface area contributed by atoms with Gasteiger partial charge in [0.2, 0.25) is 10.0 Å². The van der Waals surface area contributed by atoms with Crippen LogP contribution >= 0.6 is 0 Å². The predicted molar refractivity (Wildman–Crippen MR) is 71.4 cm³/mol. The number of sulfonamides is 1. The molecule has 0 aromatic heterocycles. The summed E-state index contributed by atoms with van der Waals surface area (Å²) in [7, 11) is -1.07. The predicted octanol–water partition coefficient (Wildman–Crippen LogP) is 0.498. The van der Waals surface area contributed by atoms with Crippen LogP contribution < -0.4 is 10.0 Å². The molecule has 2 N–H and O–H groups in total. The monoisotopic (exact) mass is 304 g/mol. The molecule has 1 atom stereocenters. The molecule has 0 aliphatic heterocycles. The molecule has 1 aromatic carbocycles. The van der Waals surface area contributed by atoms with E-state index in [9.17, 15) is 17.6 Å². The molecule has 1 rings (SSSR count). The van der Waals surface area contributed by atoms with Crippen molar-refractivity contribution in [2.45, 2.75) is 17.9 Å². The second-order valence-corrected chi connectivity index (χ2v) is 5.98. The second-order valence-electron chi connectivity index (χ2n) is 4.21. The maximum Gasteiger partial charge on any atom is 0.337 e. The molecule has 6 nitrogen and oxygen atoms in total. The third kappa shape index (κ3) is 4.26. The van der Waals surface area contributed by atoms with Gasteiger partial charge in [-0.2, -0.15) is 0 Å². The van der Waals surface area contributed by atoms with E-state index in [1.54, 1.807) is 14.0 Å². The van der Waals surface area contributed by atoms with Crippen molar-refractivity contribution in [1.29, 1.82) is 0 Å². The zero-order valence-electron chi connectivity index (χ0n) is 11.4. The summed E-state index contributed by atoms with van der Waals surface area (Å²) in [5, 5.41) is 2.86. The minimum absolute atomic E-state index is 0.0848. The van der Waals surface area contributed by atoms with Crippen LogP contribution in [0.2, 0.25) is 0 Å². The van der Waals surface area contributed by atoms with E-state index in [0.717, 1.165) is 25.3 Å². The van der Waals surface area contributed by atoms with Gasteiger partial charge in [-0.1, -0.05) is 0 Å². The Kier molecular flexibility index (Phi) is 5.61. The molecule has 0 saturated heterocycles. The van der Waals surface area contributed by atoms with Gasteiger partial charge in [-0.15, -0.1) is 0 Å². The standard InChI is InChI=1S/C12H17FN2O4S/c1-8(14-2)7-15-20(17,18)11-5-9(12(16)19-3)4-10(13)6-11/h4-6,8,14-15H,7H2,1-3H3. The summed E-state index contributed by atoms with van der Waals surface area (Å²) in [4.78, 5) is 11.0. The number of carbonyl (C=O) groups excluding carboxylic acids is 1. The average Bonchev–Trinajstić information content (AvgIpc) is 2.43. The fourth-order valence-corrected chi connectivity index (χ4v) is 2.56. The van der Waals surface area contributed by atoms with E-state index in [1.165, 1.54) is 0 Å². The fourth-order valence-electron chi connectivity index (χ4n) is 1.37. The van der Waals surface area contributed by atoms with Gasteiger partial charge in [0.1, 0.15) is 5.82 Å². The summed E-state index contributed by atoms with van der Waals surface area (Å²) in [5.41, 5.74) is -0.158. The van der Waals surface area contributed by atoms with Crippen LogP contribution in [0, 0.1) is 5.82 Å². The normalized spacial score (nSPS) is 13.0. The van der Waals surface area contributed by atoms with Gasteiger partial charge >= 0.3 is 5.97 Å². The van der Waals surface area contributed by atoms with Crippen molar-refractivity contribution in [3.05, 3.63) is 29.6 Å². The van der Waals surface area contributed by atoms with Crippen molar-refractivity contribution >= 4 is 16.0 Å². The van der Waals surface area contributed by atoms with Crippen molar-refractivity contribution in [3.63, 3.8) is 0 Å². The number of carbonyl (C=O) groups is 1. The Morgan fingerprint density at radius 2 is 2.05 bits per heavy atom. The topological polar surface area (TPSA) is 84.5 Å². The molecule has 0 heterocycles. The molecule has 0 spiro atoms. The van der Waals surface area contributed by atoms with Gasteiger partial charge < -0.3 is 10.1 Å². The van der Waals surface area contributed by atoms with Gasteiger partial charge in [0.15, 0.2) is 0 Å². The molecule has 0 bridgehead atoms. The molecule has 1 unspecified atom stereocenters. The average molecular weight is 304 g/mol. The van der Waals surface area contributed by atoms with E-state index in [1.807, 2.05) is 0 Å². The van der Waals surface area contributed by atoms with Crippen molar-refractivity contribution in [2.24, 2.45) is 0 Å². The first-order chi connectivity index (χ1) is 9.30. The minimum Gasteiger partial charge on any atom is -0.465 e. The molecule has 0 aliphatic carbocycles. The summed E-state index contributed by atoms with van der Waals surface area (Å²) in [6.07, 6.45) is 0. The Morgan fingerprint density at radius 1 is 1.40 bits per heavy atom. The van der Waals surface area contributed by atoms with Crippen LogP contribution in [0.5, 0.6) is 0 Å². The molecule has 0 radical (unpaired) electrons. The van der Waals surface area contributed by atoms with Crippen molar-refractivity contribution in [3.8, 4) is 0 Å². The van der Waals surface area contributed by atoms with Crippen LogP contribution in [0.15, 0.2) is 23.1 Å². The maximum absolute atomic E-state index is 13.4. The molecule has 20 heavy (non-hydrogen) atoms. The van der Waals surface area contributed by atoms with Crippen LogP contribution in [-0.2, 0) is 14.8 Å². The van der Waals surface area contributed by atoms with E-state index in [2.05, 4.69) is 14.8 Å². The first kappa shape index (κ1) is 16.5. The third-order valence-electron chi connectivity index (χ3n) is 2.68. The molecule has 0 saturated carbocycles. The zero-order valence-corrected chi connectivity index (χ0v) is 12.3. The summed E-state index contributed by atoms with van der Waals surface area (Å²) in [6.45, 7) is 1.93. The molecule has 0 aliphatic rings. The Labute approximate surface area is 117 Å². The number of hydrogen-bond donors (Lipinski definition) is 2. The number of esters is 1. The van der Waals surface area contributed by atoms with E-state index in [0.29, 0.717) is 0 Å². The number of nitrogens with one attached hydrogen (secondary N) is 2. The number of rotatable bonds is 6. The summed E-state index contributed by atoms with van der Waals surface area (Å²) >= 11 is 0. The summed E-state index contributed by atoms with van der Waals surface area (Å²) in [6, 6.07) is 2.75. The van der Waals surface area contributed by atoms with Gasteiger partial charge in [0.05, 0.1) is 17.6 Å². The highest BCUT2D eigenvalue weighted by Crippen LogP contribution is 2.15. The van der Waals surface area contributed by atoms with E-state index in [4.69, 9.17) is 0 Å².